The lowest BCUT2D eigenvalue weighted by Crippen LogP contribution is -2.23. The van der Waals surface area contributed by atoms with Crippen LogP contribution < -0.4 is 10.8 Å². The fraction of sp³-hybridized carbons (Fsp3) is 0.0400. The van der Waals surface area contributed by atoms with E-state index in [4.69, 9.17) is 10.7 Å². The lowest BCUT2D eigenvalue weighted by atomic mass is 10.2. The van der Waals surface area contributed by atoms with Gasteiger partial charge in [0.05, 0.1) is 39.7 Å². The fourth-order valence-electron chi connectivity index (χ4n) is 3.92. The number of hydrogen-bond acceptors (Lipinski definition) is 13. The number of fused-ring (bicyclic) bond motifs is 3. The molecule has 16 heteroatoms. The molecule has 0 unspecified atom stereocenters. The topological polar surface area (TPSA) is 201 Å². The van der Waals surface area contributed by atoms with Crippen molar-refractivity contribution in [2.45, 2.75) is 16.7 Å². The SMILES string of the molecule is Cc1c(N=Nc2ccc(N=Nc3ccc(SOOO)cc3)cc2S(=O)(=O)O)c(=O)n2c(nc3ccccc32)c1=C=N. The summed E-state index contributed by atoms with van der Waals surface area (Å²) in [5.74, 6) is 2.29. The van der Waals surface area contributed by atoms with E-state index in [1.807, 2.05) is 0 Å². The lowest BCUT2D eigenvalue weighted by Gasteiger charge is -2.04. The smallest absolute Gasteiger partial charge is 0.282 e. The number of nitrogens with zero attached hydrogens (tertiary/aromatic N) is 6. The Morgan fingerprint density at radius 3 is 2.41 bits per heavy atom. The van der Waals surface area contributed by atoms with Gasteiger partial charge >= 0.3 is 0 Å². The van der Waals surface area contributed by atoms with E-state index in [1.165, 1.54) is 16.5 Å². The van der Waals surface area contributed by atoms with E-state index in [0.717, 1.165) is 18.1 Å². The number of pyridine rings is 1. The van der Waals surface area contributed by atoms with E-state index >= 15 is 0 Å². The molecule has 3 aromatic carbocycles. The second kappa shape index (κ2) is 11.4. The highest BCUT2D eigenvalue weighted by molar-refractivity contribution is 7.94. The normalized spacial score (nSPS) is 12.2. The zero-order valence-corrected chi connectivity index (χ0v) is 22.4. The molecule has 14 nitrogen and oxygen atoms in total. The highest BCUT2D eigenvalue weighted by Gasteiger charge is 2.19. The molecule has 2 aromatic heterocycles. The third kappa shape index (κ3) is 5.65. The van der Waals surface area contributed by atoms with Crippen molar-refractivity contribution in [3.05, 3.63) is 87.9 Å². The van der Waals surface area contributed by atoms with Crippen molar-refractivity contribution in [3.63, 3.8) is 0 Å². The Labute approximate surface area is 234 Å². The Morgan fingerprint density at radius 2 is 1.71 bits per heavy atom. The average Bonchev–Trinajstić information content (AvgIpc) is 3.35. The molecule has 0 atom stereocenters. The summed E-state index contributed by atoms with van der Waals surface area (Å²) < 4.78 is 39.8. The fourth-order valence-corrected chi connectivity index (χ4v) is 4.91. The van der Waals surface area contributed by atoms with Gasteiger partial charge in [-0.05, 0) is 67.4 Å². The molecule has 0 saturated heterocycles. The zero-order chi connectivity index (χ0) is 29.1. The second-order valence-corrected chi connectivity index (χ2v) is 10.4. The molecule has 0 saturated carbocycles. The molecule has 0 aliphatic carbocycles. The van der Waals surface area contributed by atoms with Gasteiger partial charge < -0.3 is 0 Å². The van der Waals surface area contributed by atoms with Gasteiger partial charge in [0.1, 0.15) is 10.6 Å². The average molecular weight is 592 g/mol. The maximum atomic E-state index is 13.4. The molecule has 0 fully saturated rings. The first kappa shape index (κ1) is 27.9. The minimum Gasteiger partial charge on any atom is -0.282 e. The van der Waals surface area contributed by atoms with Gasteiger partial charge in [-0.1, -0.05) is 17.2 Å². The first-order valence-electron chi connectivity index (χ1n) is 11.4. The highest BCUT2D eigenvalue weighted by Crippen LogP contribution is 2.31. The summed E-state index contributed by atoms with van der Waals surface area (Å²) in [6, 6.07) is 17.0. The summed E-state index contributed by atoms with van der Waals surface area (Å²) in [6.45, 7) is 1.55. The van der Waals surface area contributed by atoms with Crippen LogP contribution in [0.25, 0.3) is 16.7 Å². The van der Waals surface area contributed by atoms with Crippen molar-refractivity contribution in [1.29, 1.82) is 5.41 Å². The maximum Gasteiger partial charge on any atom is 0.296 e. The molecule has 0 amide bonds. The van der Waals surface area contributed by atoms with Crippen LogP contribution in [0.15, 0.2) is 102 Å². The number of azo groups is 2. The van der Waals surface area contributed by atoms with Crippen molar-refractivity contribution in [1.82, 2.24) is 9.38 Å². The van der Waals surface area contributed by atoms with Gasteiger partial charge in [0.15, 0.2) is 11.3 Å². The predicted molar refractivity (Wildman–Crippen MR) is 147 cm³/mol. The number of benzene rings is 3. The predicted octanol–water partition coefficient (Wildman–Crippen LogP) is 5.30. The summed E-state index contributed by atoms with van der Waals surface area (Å²) in [5, 5.41) is 35.7. The summed E-state index contributed by atoms with van der Waals surface area (Å²) in [4.78, 5) is 17.8. The van der Waals surface area contributed by atoms with Crippen molar-refractivity contribution >= 4 is 67.5 Å². The van der Waals surface area contributed by atoms with E-state index in [-0.39, 0.29) is 33.5 Å². The van der Waals surface area contributed by atoms with E-state index in [1.54, 1.807) is 55.5 Å². The Hall–Kier alpha value is -4.67. The quantitative estimate of drug-likeness (QED) is 0.0534. The Morgan fingerprint density at radius 1 is 1.00 bits per heavy atom. The summed E-state index contributed by atoms with van der Waals surface area (Å²) in [6.07, 6.45) is 0. The van der Waals surface area contributed by atoms with Crippen LogP contribution in [0.3, 0.4) is 0 Å². The molecule has 5 aromatic rings. The minimum absolute atomic E-state index is 0.0831. The Bertz CT molecular complexity index is 2110. The summed E-state index contributed by atoms with van der Waals surface area (Å²) in [7, 11) is -4.79. The Balaban J connectivity index is 1.53. The molecule has 0 spiro atoms. The monoisotopic (exact) mass is 591 g/mol. The van der Waals surface area contributed by atoms with Gasteiger partial charge in [0.2, 0.25) is 0 Å². The molecule has 0 radical (unpaired) electrons. The third-order valence-corrected chi connectivity index (χ3v) is 7.28. The number of rotatable bonds is 8. The van der Waals surface area contributed by atoms with Crippen LogP contribution in [-0.4, -0.2) is 33.5 Å². The standard InChI is InChI=1S/C25H17N7O7S2/c1-14-18(13-26)24-27-19-4-2-3-5-21(19)32(24)25(33)23(14)31-30-20-11-8-16(12-22(20)41(35,36)37)29-28-15-6-9-17(10-7-15)40-39-38-34/h2-12,26,34H,1H3,(H,35,36,37). The molecule has 0 aliphatic rings. The lowest BCUT2D eigenvalue weighted by molar-refractivity contribution is -0.432. The number of para-hydroxylation sites is 2. The van der Waals surface area contributed by atoms with Gasteiger partial charge in [-0.3, -0.25) is 19.2 Å². The van der Waals surface area contributed by atoms with Crippen LogP contribution in [0, 0.1) is 12.3 Å². The van der Waals surface area contributed by atoms with Gasteiger partial charge in [0.25, 0.3) is 15.7 Å². The van der Waals surface area contributed by atoms with E-state index in [9.17, 15) is 17.8 Å². The van der Waals surface area contributed by atoms with Crippen molar-refractivity contribution in [3.8, 4) is 0 Å². The number of imidazole rings is 1. The molecule has 5 rings (SSSR count). The molecule has 206 valence electrons. The maximum absolute atomic E-state index is 13.4. The molecular formula is C25H17N7O7S2. The molecule has 3 N–H and O–H groups in total. The van der Waals surface area contributed by atoms with Crippen LogP contribution in [0.5, 0.6) is 0 Å². The van der Waals surface area contributed by atoms with Crippen molar-refractivity contribution in [2.24, 2.45) is 20.5 Å². The minimum atomic E-state index is -4.79. The summed E-state index contributed by atoms with van der Waals surface area (Å²) >= 11 is 0.763. The Kier molecular flexibility index (Phi) is 7.78. The van der Waals surface area contributed by atoms with Crippen LogP contribution in [-0.2, 0) is 19.5 Å². The molecule has 41 heavy (non-hydrogen) atoms. The molecular weight excluding hydrogens is 574 g/mol. The van der Waals surface area contributed by atoms with Crippen LogP contribution in [0.2, 0.25) is 0 Å². The van der Waals surface area contributed by atoms with E-state index < -0.39 is 20.6 Å². The van der Waals surface area contributed by atoms with Gasteiger partial charge in [0, 0.05) is 10.5 Å². The number of nitrogens with one attached hydrogen (secondary N) is 1. The third-order valence-electron chi connectivity index (χ3n) is 5.80. The van der Waals surface area contributed by atoms with Crippen molar-refractivity contribution in [2.75, 3.05) is 0 Å². The highest BCUT2D eigenvalue weighted by atomic mass is 32.2. The van der Waals surface area contributed by atoms with E-state index in [2.05, 4.69) is 40.7 Å². The number of hydrogen-bond donors (Lipinski definition) is 3. The zero-order valence-electron chi connectivity index (χ0n) is 20.8. The van der Waals surface area contributed by atoms with Crippen LogP contribution in [0.1, 0.15) is 5.56 Å². The molecule has 2 heterocycles. The second-order valence-electron chi connectivity index (χ2n) is 8.29. The van der Waals surface area contributed by atoms with Crippen LogP contribution in [0.4, 0.5) is 22.7 Å². The molecule has 0 bridgehead atoms. The van der Waals surface area contributed by atoms with Gasteiger partial charge in [-0.2, -0.15) is 18.6 Å². The van der Waals surface area contributed by atoms with Gasteiger partial charge in [-0.25, -0.2) is 10.2 Å². The van der Waals surface area contributed by atoms with Crippen LogP contribution >= 0.6 is 12.0 Å². The summed E-state index contributed by atoms with van der Waals surface area (Å²) in [5.41, 5.74) is 1.05. The van der Waals surface area contributed by atoms with E-state index in [0.29, 0.717) is 21.6 Å². The number of aromatic nitrogens is 2. The first-order chi connectivity index (χ1) is 19.7. The molecule has 0 aliphatic heterocycles. The van der Waals surface area contributed by atoms with Gasteiger partial charge in [-0.15, -0.1) is 14.6 Å². The first-order valence-corrected chi connectivity index (χ1v) is 13.6. The largest absolute Gasteiger partial charge is 0.296 e. The van der Waals surface area contributed by atoms with Crippen molar-refractivity contribution < 1.29 is 27.6 Å².